The van der Waals surface area contributed by atoms with Crippen LogP contribution in [0.5, 0.6) is 5.75 Å². The number of amides is 1. The molecule has 0 heterocycles. The lowest BCUT2D eigenvalue weighted by Gasteiger charge is -2.10. The van der Waals surface area contributed by atoms with Gasteiger partial charge < -0.3 is 31.7 Å². The number of phenols is 1. The summed E-state index contributed by atoms with van der Waals surface area (Å²) < 4.78 is 0. The highest BCUT2D eigenvalue weighted by Crippen LogP contribution is 2.20. The summed E-state index contributed by atoms with van der Waals surface area (Å²) in [4.78, 5) is 15.9. The van der Waals surface area contributed by atoms with Crippen molar-refractivity contribution < 1.29 is 9.90 Å². The number of carbonyl (C=O) groups excluding carboxylic acids is 1. The average molecular weight is 339 g/mol. The Labute approximate surface area is 145 Å². The minimum atomic E-state index is -0.195. The Bertz CT molecular complexity index is 478. The molecule has 7 heteroatoms. The maximum atomic E-state index is 11.7. The third-order valence-corrected chi connectivity index (χ3v) is 3.17. The Morgan fingerprint density at radius 2 is 1.71 bits per heavy atom. The predicted octanol–water partition coefficient (Wildman–Crippen LogP) is 0.553. The van der Waals surface area contributed by atoms with Crippen LogP contribution in [0.25, 0.3) is 0 Å². The molecule has 0 bridgehead atoms. The fraction of sp³-hybridized carbons (Fsp3) is 0.588. The van der Waals surface area contributed by atoms with Gasteiger partial charge in [-0.25, -0.2) is 0 Å². The van der Waals surface area contributed by atoms with Crippen molar-refractivity contribution in [3.05, 3.63) is 23.8 Å². The Kier molecular flexibility index (Phi) is 11.6. The highest BCUT2D eigenvalue weighted by atomic mass is 16.3. The number of nitrogens with one attached hydrogen (secondary N) is 1. The van der Waals surface area contributed by atoms with E-state index in [2.05, 4.69) is 29.2 Å². The summed E-state index contributed by atoms with van der Waals surface area (Å²) in [7, 11) is 8.07. The van der Waals surface area contributed by atoms with Gasteiger partial charge >= 0.3 is 0 Å². The number of anilines is 1. The summed E-state index contributed by atoms with van der Waals surface area (Å²) in [5.74, 6) is -0.259. The summed E-state index contributed by atoms with van der Waals surface area (Å²) in [5, 5.41) is 12.2. The van der Waals surface area contributed by atoms with Gasteiger partial charge in [0.15, 0.2) is 0 Å². The van der Waals surface area contributed by atoms with Crippen molar-refractivity contribution in [1.29, 1.82) is 0 Å². The summed E-state index contributed by atoms with van der Waals surface area (Å²) in [6.45, 7) is 3.45. The molecule has 1 amide bonds. The Balaban J connectivity index is 0.000000640. The first kappa shape index (κ1) is 22.2. The van der Waals surface area contributed by atoms with E-state index in [4.69, 9.17) is 11.5 Å². The van der Waals surface area contributed by atoms with Gasteiger partial charge in [0.1, 0.15) is 5.75 Å². The van der Waals surface area contributed by atoms with Crippen LogP contribution in [-0.2, 0) is 0 Å². The molecule has 0 saturated heterocycles. The van der Waals surface area contributed by atoms with Crippen molar-refractivity contribution >= 4 is 11.6 Å². The van der Waals surface area contributed by atoms with Gasteiger partial charge in [-0.1, -0.05) is 0 Å². The van der Waals surface area contributed by atoms with Gasteiger partial charge in [0.25, 0.3) is 5.91 Å². The fourth-order valence-corrected chi connectivity index (χ4v) is 1.79. The molecule has 138 valence electrons. The Morgan fingerprint density at radius 3 is 2.17 bits per heavy atom. The second-order valence-electron chi connectivity index (χ2n) is 6.13. The molecule has 0 unspecified atom stereocenters. The molecule has 1 rings (SSSR count). The topological polar surface area (TPSA) is 108 Å². The van der Waals surface area contributed by atoms with Crippen LogP contribution >= 0.6 is 0 Å². The van der Waals surface area contributed by atoms with Crippen molar-refractivity contribution in [2.45, 2.75) is 12.8 Å². The van der Waals surface area contributed by atoms with E-state index in [0.29, 0.717) is 12.1 Å². The molecule has 24 heavy (non-hydrogen) atoms. The van der Waals surface area contributed by atoms with Gasteiger partial charge in [-0.05, 0) is 78.9 Å². The number of nitrogens with zero attached hydrogens (tertiary/aromatic N) is 2. The number of carbonyl (C=O) groups is 1. The van der Waals surface area contributed by atoms with E-state index >= 15 is 0 Å². The lowest BCUT2D eigenvalue weighted by atomic mass is 10.2. The lowest BCUT2D eigenvalue weighted by Crippen LogP contribution is -2.27. The van der Waals surface area contributed by atoms with Crippen LogP contribution in [0.15, 0.2) is 18.2 Å². The molecule has 6 N–H and O–H groups in total. The van der Waals surface area contributed by atoms with Gasteiger partial charge in [0, 0.05) is 12.1 Å². The number of aromatic hydroxyl groups is 1. The van der Waals surface area contributed by atoms with Gasteiger partial charge in [-0.3, -0.25) is 4.79 Å². The number of nitrogens with two attached hydrogens (primary N) is 2. The lowest BCUT2D eigenvalue weighted by molar-refractivity contribution is 0.0952. The second-order valence-corrected chi connectivity index (χ2v) is 6.13. The van der Waals surface area contributed by atoms with Crippen LogP contribution in [0.2, 0.25) is 0 Å². The second kappa shape index (κ2) is 12.6. The molecule has 0 radical (unpaired) electrons. The highest BCUT2D eigenvalue weighted by Gasteiger charge is 2.07. The number of benzene rings is 1. The molecule has 7 nitrogen and oxygen atoms in total. The normalized spacial score (nSPS) is 10.5. The van der Waals surface area contributed by atoms with Crippen LogP contribution < -0.4 is 16.8 Å². The largest absolute Gasteiger partial charge is 0.506 e. The summed E-state index contributed by atoms with van der Waals surface area (Å²) in [6.07, 6.45) is 1.99. The Hall–Kier alpha value is -1.83. The van der Waals surface area contributed by atoms with Gasteiger partial charge in [-0.15, -0.1) is 0 Å². The third-order valence-electron chi connectivity index (χ3n) is 3.17. The Morgan fingerprint density at radius 1 is 1.12 bits per heavy atom. The zero-order valence-corrected chi connectivity index (χ0v) is 15.4. The van der Waals surface area contributed by atoms with Crippen LogP contribution in [0.1, 0.15) is 23.2 Å². The van der Waals surface area contributed by atoms with Crippen molar-refractivity contribution in [3.8, 4) is 5.75 Å². The van der Waals surface area contributed by atoms with Crippen molar-refractivity contribution in [3.63, 3.8) is 0 Å². The molecule has 0 aliphatic heterocycles. The standard InChI is InChI=1S/C12H19N3O2.C5H14N2/c1-15(2)7-3-6-14-12(17)9-4-5-10(13)11(16)8-9;1-7(2)5-3-4-6/h4-5,8,16H,3,6-7,13H2,1-2H3,(H,14,17);3-6H2,1-2H3. The third kappa shape index (κ3) is 10.8. The van der Waals surface area contributed by atoms with Gasteiger partial charge in [0.2, 0.25) is 0 Å². The van der Waals surface area contributed by atoms with E-state index in [0.717, 1.165) is 32.5 Å². The molecule has 0 aliphatic rings. The molecule has 0 atom stereocenters. The molecule has 0 saturated carbocycles. The van der Waals surface area contributed by atoms with Crippen molar-refractivity contribution in [2.75, 3.05) is 60.1 Å². The molecule has 0 aliphatic carbocycles. The van der Waals surface area contributed by atoms with E-state index in [1.165, 1.54) is 12.1 Å². The first-order valence-electron chi connectivity index (χ1n) is 8.14. The predicted molar refractivity (Wildman–Crippen MR) is 100 cm³/mol. The SMILES string of the molecule is CN(C)CCCN.CN(C)CCCNC(=O)c1ccc(N)c(O)c1. The first-order chi connectivity index (χ1) is 11.3. The number of nitrogen functional groups attached to an aromatic ring is 1. The highest BCUT2D eigenvalue weighted by molar-refractivity contribution is 5.95. The molecule has 1 aromatic carbocycles. The quantitative estimate of drug-likeness (QED) is 0.313. The number of phenolic OH excluding ortho intramolecular Hbond substituents is 1. The van der Waals surface area contributed by atoms with E-state index in [1.54, 1.807) is 6.07 Å². The fourth-order valence-electron chi connectivity index (χ4n) is 1.79. The molecule has 0 spiro atoms. The first-order valence-corrected chi connectivity index (χ1v) is 8.14. The summed E-state index contributed by atoms with van der Waals surface area (Å²) in [6, 6.07) is 4.48. The number of rotatable bonds is 8. The summed E-state index contributed by atoms with van der Waals surface area (Å²) in [5.41, 5.74) is 11.4. The molecular formula is C17H33N5O2. The molecule has 1 aromatic rings. The monoisotopic (exact) mass is 339 g/mol. The number of hydrogen-bond acceptors (Lipinski definition) is 6. The number of hydrogen-bond donors (Lipinski definition) is 4. The van der Waals surface area contributed by atoms with Crippen molar-refractivity contribution in [2.24, 2.45) is 5.73 Å². The molecule has 0 fully saturated rings. The van der Waals surface area contributed by atoms with Crippen molar-refractivity contribution in [1.82, 2.24) is 15.1 Å². The minimum absolute atomic E-state index is 0.0639. The van der Waals surface area contributed by atoms with E-state index in [9.17, 15) is 9.90 Å². The van der Waals surface area contributed by atoms with Crippen LogP contribution in [0.3, 0.4) is 0 Å². The maximum Gasteiger partial charge on any atom is 0.251 e. The summed E-state index contributed by atoms with van der Waals surface area (Å²) >= 11 is 0. The van der Waals surface area contributed by atoms with E-state index in [-0.39, 0.29) is 17.3 Å². The van der Waals surface area contributed by atoms with E-state index < -0.39 is 0 Å². The van der Waals surface area contributed by atoms with Gasteiger partial charge in [-0.2, -0.15) is 0 Å². The zero-order chi connectivity index (χ0) is 18.5. The molecular weight excluding hydrogens is 306 g/mol. The average Bonchev–Trinajstić information content (AvgIpc) is 2.52. The maximum absolute atomic E-state index is 11.7. The molecule has 0 aromatic heterocycles. The minimum Gasteiger partial charge on any atom is -0.506 e. The smallest absolute Gasteiger partial charge is 0.251 e. The van der Waals surface area contributed by atoms with Crippen LogP contribution in [0.4, 0.5) is 5.69 Å². The van der Waals surface area contributed by atoms with E-state index in [1.807, 2.05) is 14.1 Å². The van der Waals surface area contributed by atoms with Gasteiger partial charge in [0.05, 0.1) is 5.69 Å². The van der Waals surface area contributed by atoms with Crippen LogP contribution in [0, 0.1) is 0 Å². The van der Waals surface area contributed by atoms with Crippen LogP contribution in [-0.4, -0.2) is 75.2 Å². The zero-order valence-electron chi connectivity index (χ0n) is 15.4.